The second kappa shape index (κ2) is 8.37. The Morgan fingerprint density at radius 2 is 2.00 bits per heavy atom. The van der Waals surface area contributed by atoms with Crippen LogP contribution in [0, 0.1) is 5.92 Å². The summed E-state index contributed by atoms with van der Waals surface area (Å²) in [6.07, 6.45) is 2.23. The Hall–Kier alpha value is 0.0500. The molecular formula is C12H25NS. The number of hydrogen-bond acceptors (Lipinski definition) is 2. The lowest BCUT2D eigenvalue weighted by atomic mass is 10.1. The Bertz CT molecular complexity index is 154. The molecule has 0 rings (SSSR count). The van der Waals surface area contributed by atoms with Gasteiger partial charge >= 0.3 is 0 Å². The molecule has 0 fully saturated rings. The molecule has 0 aromatic rings. The van der Waals surface area contributed by atoms with Gasteiger partial charge in [-0.1, -0.05) is 32.9 Å². The second-order valence-electron chi connectivity index (χ2n) is 4.22. The SMILES string of the molecule is C=C(CC)CC(CSCC(C)C)NC. The van der Waals surface area contributed by atoms with Crippen molar-refractivity contribution in [2.45, 2.75) is 39.7 Å². The Balaban J connectivity index is 3.63. The van der Waals surface area contributed by atoms with Gasteiger partial charge in [-0.3, -0.25) is 0 Å². The van der Waals surface area contributed by atoms with E-state index in [1.165, 1.54) is 17.1 Å². The lowest BCUT2D eigenvalue weighted by Gasteiger charge is -2.17. The molecule has 0 aliphatic carbocycles. The summed E-state index contributed by atoms with van der Waals surface area (Å²) in [6.45, 7) is 10.8. The van der Waals surface area contributed by atoms with Crippen LogP contribution >= 0.6 is 11.8 Å². The average molecular weight is 215 g/mol. The predicted molar refractivity (Wildman–Crippen MR) is 69.1 cm³/mol. The summed E-state index contributed by atoms with van der Waals surface area (Å²) in [6, 6.07) is 0.603. The van der Waals surface area contributed by atoms with Gasteiger partial charge < -0.3 is 5.32 Å². The maximum atomic E-state index is 4.05. The highest BCUT2D eigenvalue weighted by Gasteiger charge is 2.07. The molecule has 1 unspecified atom stereocenters. The van der Waals surface area contributed by atoms with Crippen LogP contribution in [0.25, 0.3) is 0 Å². The first-order valence-corrected chi connectivity index (χ1v) is 6.67. The molecule has 2 heteroatoms. The first-order valence-electron chi connectivity index (χ1n) is 5.51. The van der Waals surface area contributed by atoms with Crippen LogP contribution in [-0.4, -0.2) is 24.6 Å². The van der Waals surface area contributed by atoms with E-state index in [0.717, 1.165) is 18.8 Å². The van der Waals surface area contributed by atoms with Gasteiger partial charge in [0.2, 0.25) is 0 Å². The van der Waals surface area contributed by atoms with Crippen LogP contribution in [0.5, 0.6) is 0 Å². The van der Waals surface area contributed by atoms with Gasteiger partial charge in [0.1, 0.15) is 0 Å². The molecule has 1 nitrogen and oxygen atoms in total. The highest BCUT2D eigenvalue weighted by atomic mass is 32.2. The van der Waals surface area contributed by atoms with Crippen LogP contribution < -0.4 is 5.32 Å². The smallest absolute Gasteiger partial charge is 0.0192 e. The van der Waals surface area contributed by atoms with E-state index < -0.39 is 0 Å². The van der Waals surface area contributed by atoms with Gasteiger partial charge in [0, 0.05) is 11.8 Å². The van der Waals surface area contributed by atoms with Gasteiger partial charge in [-0.05, 0) is 31.6 Å². The fourth-order valence-corrected chi connectivity index (χ4v) is 2.36. The van der Waals surface area contributed by atoms with E-state index in [1.807, 2.05) is 18.8 Å². The molecule has 0 amide bonds. The van der Waals surface area contributed by atoms with Crippen molar-refractivity contribution in [3.05, 3.63) is 12.2 Å². The maximum absolute atomic E-state index is 4.05. The minimum atomic E-state index is 0.603. The zero-order valence-corrected chi connectivity index (χ0v) is 10.9. The van der Waals surface area contributed by atoms with Crippen LogP contribution in [0.2, 0.25) is 0 Å². The molecule has 0 saturated heterocycles. The number of hydrogen-bond donors (Lipinski definition) is 1. The van der Waals surface area contributed by atoms with E-state index in [0.29, 0.717) is 6.04 Å². The lowest BCUT2D eigenvalue weighted by molar-refractivity contribution is 0.606. The second-order valence-corrected chi connectivity index (χ2v) is 5.30. The van der Waals surface area contributed by atoms with E-state index in [9.17, 15) is 0 Å². The van der Waals surface area contributed by atoms with Crippen molar-refractivity contribution in [2.75, 3.05) is 18.6 Å². The molecule has 0 aromatic heterocycles. The largest absolute Gasteiger partial charge is 0.316 e. The van der Waals surface area contributed by atoms with Crippen LogP contribution in [0.1, 0.15) is 33.6 Å². The molecule has 0 spiro atoms. The van der Waals surface area contributed by atoms with Gasteiger partial charge in [-0.15, -0.1) is 0 Å². The Morgan fingerprint density at radius 3 is 2.43 bits per heavy atom. The summed E-state index contributed by atoms with van der Waals surface area (Å²) in [4.78, 5) is 0. The zero-order chi connectivity index (χ0) is 11.0. The molecule has 0 aliphatic rings. The number of thioether (sulfide) groups is 1. The minimum Gasteiger partial charge on any atom is -0.316 e. The molecule has 0 aliphatic heterocycles. The molecule has 84 valence electrons. The van der Waals surface area contributed by atoms with Crippen LogP contribution in [-0.2, 0) is 0 Å². The third-order valence-electron chi connectivity index (χ3n) is 2.21. The summed E-state index contributed by atoms with van der Waals surface area (Å²) in [5.74, 6) is 3.26. The van der Waals surface area contributed by atoms with Gasteiger partial charge in [0.05, 0.1) is 0 Å². The van der Waals surface area contributed by atoms with Gasteiger partial charge in [0.15, 0.2) is 0 Å². The van der Waals surface area contributed by atoms with Crippen molar-refractivity contribution in [3.8, 4) is 0 Å². The quantitative estimate of drug-likeness (QED) is 0.623. The molecular weight excluding hydrogens is 190 g/mol. The summed E-state index contributed by atoms with van der Waals surface area (Å²) in [5, 5.41) is 3.36. The highest BCUT2D eigenvalue weighted by Crippen LogP contribution is 2.14. The van der Waals surface area contributed by atoms with Gasteiger partial charge in [0.25, 0.3) is 0 Å². The Labute approximate surface area is 93.7 Å². The fourth-order valence-electron chi connectivity index (χ4n) is 1.18. The van der Waals surface area contributed by atoms with E-state index in [1.54, 1.807) is 0 Å². The normalized spacial score (nSPS) is 13.2. The Kier molecular flexibility index (Phi) is 8.40. The topological polar surface area (TPSA) is 12.0 Å². The molecule has 1 atom stereocenters. The minimum absolute atomic E-state index is 0.603. The molecule has 1 N–H and O–H groups in total. The van der Waals surface area contributed by atoms with Gasteiger partial charge in [-0.2, -0.15) is 11.8 Å². The highest BCUT2D eigenvalue weighted by molar-refractivity contribution is 7.99. The van der Waals surface area contributed by atoms with Crippen molar-refractivity contribution < 1.29 is 0 Å². The number of nitrogens with one attached hydrogen (secondary N) is 1. The predicted octanol–water partition coefficient (Wildman–Crippen LogP) is 3.32. The maximum Gasteiger partial charge on any atom is 0.0192 e. The molecule has 0 aromatic carbocycles. The third kappa shape index (κ3) is 7.45. The summed E-state index contributed by atoms with van der Waals surface area (Å²) < 4.78 is 0. The molecule has 14 heavy (non-hydrogen) atoms. The monoisotopic (exact) mass is 215 g/mol. The van der Waals surface area contributed by atoms with Crippen LogP contribution in [0.3, 0.4) is 0 Å². The summed E-state index contributed by atoms with van der Waals surface area (Å²) >= 11 is 2.04. The van der Waals surface area contributed by atoms with Gasteiger partial charge in [-0.25, -0.2) is 0 Å². The third-order valence-corrected chi connectivity index (χ3v) is 3.75. The Morgan fingerprint density at radius 1 is 1.36 bits per heavy atom. The van der Waals surface area contributed by atoms with E-state index in [2.05, 4.69) is 32.7 Å². The van der Waals surface area contributed by atoms with Crippen molar-refractivity contribution in [3.63, 3.8) is 0 Å². The standard InChI is InChI=1S/C12H25NS/c1-6-11(4)7-12(13-5)9-14-8-10(2)3/h10,12-13H,4,6-9H2,1-3,5H3. The first-order chi connectivity index (χ1) is 6.60. The van der Waals surface area contributed by atoms with Crippen molar-refractivity contribution in [1.29, 1.82) is 0 Å². The molecule has 0 heterocycles. The fraction of sp³-hybridized carbons (Fsp3) is 0.833. The molecule has 0 bridgehead atoms. The lowest BCUT2D eigenvalue weighted by Crippen LogP contribution is -2.28. The number of rotatable bonds is 8. The summed E-state index contributed by atoms with van der Waals surface area (Å²) in [7, 11) is 2.05. The van der Waals surface area contributed by atoms with Crippen molar-refractivity contribution in [1.82, 2.24) is 5.32 Å². The molecule has 0 radical (unpaired) electrons. The average Bonchev–Trinajstić information content (AvgIpc) is 2.15. The van der Waals surface area contributed by atoms with E-state index in [-0.39, 0.29) is 0 Å². The van der Waals surface area contributed by atoms with Crippen molar-refractivity contribution in [2.24, 2.45) is 5.92 Å². The van der Waals surface area contributed by atoms with Crippen molar-refractivity contribution >= 4 is 11.8 Å². The zero-order valence-electron chi connectivity index (χ0n) is 10.1. The van der Waals surface area contributed by atoms with E-state index >= 15 is 0 Å². The first kappa shape index (κ1) is 14.1. The van der Waals surface area contributed by atoms with E-state index in [4.69, 9.17) is 0 Å². The summed E-state index contributed by atoms with van der Waals surface area (Å²) in [5.41, 5.74) is 1.36. The molecule has 0 saturated carbocycles. The van der Waals surface area contributed by atoms with Crippen LogP contribution in [0.15, 0.2) is 12.2 Å². The van der Waals surface area contributed by atoms with Crippen LogP contribution in [0.4, 0.5) is 0 Å².